The molecule has 2 unspecified atom stereocenters. The van der Waals surface area contributed by atoms with E-state index in [4.69, 9.17) is 9.47 Å². The van der Waals surface area contributed by atoms with Gasteiger partial charge in [-0.2, -0.15) is 0 Å². The second-order valence-corrected chi connectivity index (χ2v) is 7.41. The fourth-order valence-electron chi connectivity index (χ4n) is 3.75. The van der Waals surface area contributed by atoms with Gasteiger partial charge in [-0.15, -0.1) is 0 Å². The topological polar surface area (TPSA) is 113 Å². The number of carbonyl (C=O) groups is 2. The highest BCUT2D eigenvalue weighted by molar-refractivity contribution is 5.97. The molecule has 3 N–H and O–H groups in total. The summed E-state index contributed by atoms with van der Waals surface area (Å²) in [4.78, 5) is 25.1. The third-order valence-corrected chi connectivity index (χ3v) is 5.41. The number of phenols is 1. The number of fused-ring (bicyclic) bond motifs is 2. The molecule has 0 saturated heterocycles. The van der Waals surface area contributed by atoms with Crippen LogP contribution in [0.1, 0.15) is 48.0 Å². The van der Waals surface area contributed by atoms with E-state index in [9.17, 15) is 24.9 Å². The molecule has 1 aromatic carbocycles. The van der Waals surface area contributed by atoms with E-state index in [1.54, 1.807) is 12.1 Å². The highest BCUT2D eigenvalue weighted by Crippen LogP contribution is 2.33. The van der Waals surface area contributed by atoms with Crippen molar-refractivity contribution >= 4 is 17.8 Å². The Labute approximate surface area is 169 Å². The maximum atomic E-state index is 12.9. The summed E-state index contributed by atoms with van der Waals surface area (Å²) in [6, 6.07) is 2.91. The first kappa shape index (κ1) is 21.1. The molecule has 4 atom stereocenters. The maximum absolute atomic E-state index is 12.9. The molecule has 3 rings (SSSR count). The van der Waals surface area contributed by atoms with E-state index >= 15 is 0 Å². The maximum Gasteiger partial charge on any atom is 0.342 e. The molecule has 1 saturated carbocycles. The Morgan fingerprint density at radius 1 is 1.10 bits per heavy atom. The minimum absolute atomic E-state index is 0.0125. The van der Waals surface area contributed by atoms with Crippen LogP contribution in [0.3, 0.4) is 0 Å². The van der Waals surface area contributed by atoms with Crippen LogP contribution >= 0.6 is 0 Å². The van der Waals surface area contributed by atoms with E-state index in [2.05, 4.69) is 0 Å². The third kappa shape index (κ3) is 4.86. The van der Waals surface area contributed by atoms with E-state index in [0.29, 0.717) is 17.7 Å². The number of aromatic hydroxyl groups is 1. The lowest BCUT2D eigenvalue weighted by molar-refractivity contribution is -0.127. The van der Waals surface area contributed by atoms with Crippen molar-refractivity contribution in [1.82, 2.24) is 0 Å². The second kappa shape index (κ2) is 9.24. The quantitative estimate of drug-likeness (QED) is 0.618. The highest BCUT2D eigenvalue weighted by atomic mass is 16.5. The Bertz CT molecular complexity index is 827. The number of hydrogen-bond acceptors (Lipinski definition) is 7. The minimum Gasteiger partial charge on any atom is -0.507 e. The van der Waals surface area contributed by atoms with Crippen LogP contribution in [0.15, 0.2) is 30.4 Å². The standard InChI is InChI=1S/C22H26O7/c1-28-15-11-14-6-4-7-16(23)21(26)17(24)10-9-13-5-2-3-8-19(13)29-22(27)20(14)18(25)12-15/h4,6,9-13,16,19,21,23,25-26H,2-3,5,7-8H2,1H3/b6-4+,10-9-/t13?,16-,19?,21-/m0/s1. The molecule has 7 heteroatoms. The normalized spacial score (nSPS) is 30.3. The Kier molecular flexibility index (Phi) is 6.71. The average Bonchev–Trinajstić information content (AvgIpc) is 2.71. The van der Waals surface area contributed by atoms with Crippen molar-refractivity contribution in [2.75, 3.05) is 7.11 Å². The van der Waals surface area contributed by atoms with Crippen LogP contribution in [0.4, 0.5) is 0 Å². The van der Waals surface area contributed by atoms with E-state index < -0.39 is 30.1 Å². The van der Waals surface area contributed by atoms with Gasteiger partial charge in [0.15, 0.2) is 5.78 Å². The zero-order valence-electron chi connectivity index (χ0n) is 16.3. The Hall–Kier alpha value is -2.64. The molecular formula is C22H26O7. The van der Waals surface area contributed by atoms with Gasteiger partial charge in [-0.25, -0.2) is 4.79 Å². The molecule has 1 heterocycles. The number of rotatable bonds is 1. The summed E-state index contributed by atoms with van der Waals surface area (Å²) in [5.41, 5.74) is 0.373. The first-order chi connectivity index (χ1) is 13.9. The van der Waals surface area contributed by atoms with E-state index in [1.165, 1.54) is 31.4 Å². The molecule has 1 aromatic rings. The average molecular weight is 402 g/mol. The van der Waals surface area contributed by atoms with Gasteiger partial charge in [0.2, 0.25) is 0 Å². The first-order valence-electron chi connectivity index (χ1n) is 9.77. The van der Waals surface area contributed by atoms with Gasteiger partial charge < -0.3 is 24.8 Å². The zero-order valence-corrected chi connectivity index (χ0v) is 16.3. The summed E-state index contributed by atoms with van der Waals surface area (Å²) in [7, 11) is 1.44. The van der Waals surface area contributed by atoms with Gasteiger partial charge >= 0.3 is 5.97 Å². The van der Waals surface area contributed by atoms with Gasteiger partial charge in [0.25, 0.3) is 0 Å². The number of aliphatic hydroxyl groups is 2. The summed E-state index contributed by atoms with van der Waals surface area (Å²) in [5, 5.41) is 30.6. The van der Waals surface area contributed by atoms with Gasteiger partial charge in [0, 0.05) is 12.0 Å². The lowest BCUT2D eigenvalue weighted by Gasteiger charge is -2.29. The number of ether oxygens (including phenoxy) is 2. The van der Waals surface area contributed by atoms with Gasteiger partial charge in [-0.1, -0.05) is 24.6 Å². The van der Waals surface area contributed by atoms with E-state index in [1.807, 2.05) is 0 Å². The molecular weight excluding hydrogens is 376 g/mol. The number of carbonyl (C=O) groups excluding carboxylic acids is 2. The van der Waals surface area contributed by atoms with Crippen LogP contribution in [0.25, 0.3) is 6.08 Å². The van der Waals surface area contributed by atoms with Crippen molar-refractivity contribution in [3.8, 4) is 11.5 Å². The zero-order chi connectivity index (χ0) is 21.0. The van der Waals surface area contributed by atoms with Gasteiger partial charge in [0.05, 0.1) is 13.2 Å². The second-order valence-electron chi connectivity index (χ2n) is 7.41. The number of phenolic OH excluding ortho intramolecular Hbond substituents is 1. The molecule has 7 nitrogen and oxygen atoms in total. The molecule has 0 spiro atoms. The molecule has 0 aromatic heterocycles. The lowest BCUT2D eigenvalue weighted by Crippen LogP contribution is -2.33. The molecule has 156 valence electrons. The largest absolute Gasteiger partial charge is 0.507 e. The molecule has 0 amide bonds. The van der Waals surface area contributed by atoms with Gasteiger partial charge in [-0.3, -0.25) is 4.79 Å². The number of ketones is 1. The molecule has 29 heavy (non-hydrogen) atoms. The summed E-state index contributed by atoms with van der Waals surface area (Å²) in [6.07, 6.45) is 5.87. The van der Waals surface area contributed by atoms with Crippen LogP contribution in [0, 0.1) is 5.92 Å². The van der Waals surface area contributed by atoms with Crippen molar-refractivity contribution in [2.24, 2.45) is 5.92 Å². The first-order valence-corrected chi connectivity index (χ1v) is 9.77. The molecule has 0 bridgehead atoms. The number of aliphatic hydroxyl groups excluding tert-OH is 2. The van der Waals surface area contributed by atoms with Crippen LogP contribution in [-0.2, 0) is 9.53 Å². The monoisotopic (exact) mass is 402 g/mol. The SMILES string of the molecule is COc1cc(O)c2c(c1)/C=C/C[C@H](O)[C@H](O)C(=O)/C=C\C1CCCCC1OC2=O. The van der Waals surface area contributed by atoms with Crippen molar-refractivity contribution in [3.05, 3.63) is 41.5 Å². The van der Waals surface area contributed by atoms with Crippen molar-refractivity contribution in [3.63, 3.8) is 0 Å². The van der Waals surface area contributed by atoms with Crippen LogP contribution in [-0.4, -0.2) is 52.5 Å². The fraction of sp³-hybridized carbons (Fsp3) is 0.455. The smallest absolute Gasteiger partial charge is 0.342 e. The Morgan fingerprint density at radius 3 is 2.62 bits per heavy atom. The Balaban J connectivity index is 2.03. The van der Waals surface area contributed by atoms with Crippen LogP contribution in [0.5, 0.6) is 11.5 Å². The molecule has 1 aliphatic carbocycles. The van der Waals surface area contributed by atoms with E-state index in [-0.39, 0.29) is 23.7 Å². The number of esters is 1. The number of methoxy groups -OCH3 is 1. The predicted molar refractivity (Wildman–Crippen MR) is 106 cm³/mol. The fourth-order valence-corrected chi connectivity index (χ4v) is 3.75. The summed E-state index contributed by atoms with van der Waals surface area (Å²) in [6.45, 7) is 0. The summed E-state index contributed by atoms with van der Waals surface area (Å²) in [5.74, 6) is -1.32. The summed E-state index contributed by atoms with van der Waals surface area (Å²) < 4.78 is 10.9. The minimum atomic E-state index is -1.54. The van der Waals surface area contributed by atoms with Gasteiger partial charge in [0.1, 0.15) is 29.3 Å². The number of benzene rings is 1. The van der Waals surface area contributed by atoms with Gasteiger partial charge in [-0.05, 0) is 43.4 Å². The molecule has 2 aliphatic rings. The number of hydrogen-bond donors (Lipinski definition) is 3. The summed E-state index contributed by atoms with van der Waals surface area (Å²) >= 11 is 0. The molecule has 1 fully saturated rings. The molecule has 0 radical (unpaired) electrons. The van der Waals surface area contributed by atoms with Crippen LogP contribution < -0.4 is 4.74 Å². The lowest BCUT2D eigenvalue weighted by atomic mass is 9.85. The highest BCUT2D eigenvalue weighted by Gasteiger charge is 2.30. The predicted octanol–water partition coefficient (Wildman–Crippen LogP) is 2.38. The van der Waals surface area contributed by atoms with E-state index in [0.717, 1.165) is 19.3 Å². The molecule has 1 aliphatic heterocycles. The Morgan fingerprint density at radius 2 is 1.86 bits per heavy atom. The van der Waals surface area contributed by atoms with Crippen molar-refractivity contribution < 1.29 is 34.4 Å². The van der Waals surface area contributed by atoms with Crippen molar-refractivity contribution in [2.45, 2.75) is 50.4 Å². The van der Waals surface area contributed by atoms with Crippen molar-refractivity contribution in [1.29, 1.82) is 0 Å². The third-order valence-electron chi connectivity index (χ3n) is 5.41. The van der Waals surface area contributed by atoms with Crippen LogP contribution in [0.2, 0.25) is 0 Å².